The topological polar surface area (TPSA) is 95.5 Å². The molecule has 6 heteroatoms. The number of carbonyl (C=O) groups is 3. The summed E-state index contributed by atoms with van der Waals surface area (Å²) in [5.41, 5.74) is 5.35. The van der Waals surface area contributed by atoms with Crippen LogP contribution in [0.15, 0.2) is 36.6 Å². The predicted molar refractivity (Wildman–Crippen MR) is 75.5 cm³/mol. The van der Waals surface area contributed by atoms with Gasteiger partial charge in [-0.2, -0.15) is 0 Å². The maximum absolute atomic E-state index is 11.4. The molecule has 0 radical (unpaired) electrons. The Morgan fingerprint density at radius 3 is 2.40 bits per heavy atom. The Morgan fingerprint density at radius 2 is 1.85 bits per heavy atom. The van der Waals surface area contributed by atoms with Gasteiger partial charge in [0.25, 0.3) is 0 Å². The van der Waals surface area contributed by atoms with Crippen LogP contribution in [-0.4, -0.2) is 22.8 Å². The molecule has 0 heterocycles. The van der Waals surface area contributed by atoms with Gasteiger partial charge in [-0.1, -0.05) is 18.7 Å². The highest BCUT2D eigenvalue weighted by Gasteiger charge is 2.02. The summed E-state index contributed by atoms with van der Waals surface area (Å²) >= 11 is 0. The first kappa shape index (κ1) is 17.6. The number of hydrogen-bond donors (Lipinski definition) is 3. The SMILES string of the molecule is C=C/C=C\C(=CNNC(=O)CCCCC(=O)O)C(C)=O. The van der Waals surface area contributed by atoms with Crippen molar-refractivity contribution in [2.75, 3.05) is 0 Å². The number of amides is 1. The molecule has 0 aromatic heterocycles. The number of Topliss-reactive ketones (excluding diaryl/α,β-unsaturated/α-hetero) is 1. The van der Waals surface area contributed by atoms with E-state index in [0.717, 1.165) is 0 Å². The van der Waals surface area contributed by atoms with Gasteiger partial charge in [0, 0.05) is 24.6 Å². The highest BCUT2D eigenvalue weighted by Crippen LogP contribution is 1.99. The summed E-state index contributed by atoms with van der Waals surface area (Å²) in [6, 6.07) is 0. The minimum absolute atomic E-state index is 0.0570. The predicted octanol–water partition coefficient (Wildman–Crippen LogP) is 1.47. The minimum Gasteiger partial charge on any atom is -0.481 e. The number of carboxylic acid groups (broad SMARTS) is 1. The van der Waals surface area contributed by atoms with Crippen molar-refractivity contribution in [3.8, 4) is 0 Å². The van der Waals surface area contributed by atoms with E-state index >= 15 is 0 Å². The van der Waals surface area contributed by atoms with Gasteiger partial charge in [-0.05, 0) is 25.8 Å². The first-order valence-corrected chi connectivity index (χ1v) is 6.23. The Labute approximate surface area is 118 Å². The number of carboxylic acids is 1. The lowest BCUT2D eigenvalue weighted by atomic mass is 10.2. The van der Waals surface area contributed by atoms with Crippen molar-refractivity contribution in [1.82, 2.24) is 10.9 Å². The zero-order valence-corrected chi connectivity index (χ0v) is 11.5. The zero-order chi connectivity index (χ0) is 15.4. The van der Waals surface area contributed by atoms with Crippen molar-refractivity contribution >= 4 is 17.7 Å². The van der Waals surface area contributed by atoms with Crippen molar-refractivity contribution in [2.24, 2.45) is 0 Å². The summed E-state index contributed by atoms with van der Waals surface area (Å²) in [7, 11) is 0. The lowest BCUT2D eigenvalue weighted by Gasteiger charge is -2.05. The second-order valence-electron chi connectivity index (χ2n) is 4.04. The molecular weight excluding hydrogens is 260 g/mol. The summed E-state index contributed by atoms with van der Waals surface area (Å²) in [6.45, 7) is 4.91. The number of ketones is 1. The standard InChI is InChI=1S/C14H20N2O4/c1-3-4-7-12(11(2)17)10-15-16-13(18)8-5-6-9-14(19)20/h3-4,7,10,15H,1,5-6,8-9H2,2H3,(H,16,18)(H,19,20)/b7-4-,12-10?. The van der Waals surface area contributed by atoms with E-state index in [1.165, 1.54) is 19.2 Å². The highest BCUT2D eigenvalue weighted by molar-refractivity contribution is 5.96. The summed E-state index contributed by atoms with van der Waals surface area (Å²) < 4.78 is 0. The van der Waals surface area contributed by atoms with Crippen molar-refractivity contribution in [3.63, 3.8) is 0 Å². The van der Waals surface area contributed by atoms with E-state index in [0.29, 0.717) is 18.4 Å². The van der Waals surface area contributed by atoms with Gasteiger partial charge in [-0.15, -0.1) is 0 Å². The molecule has 6 nitrogen and oxygen atoms in total. The molecule has 0 fully saturated rings. The van der Waals surface area contributed by atoms with E-state index in [1.54, 1.807) is 12.2 Å². The molecule has 0 saturated carbocycles. The molecule has 0 rings (SSSR count). The molecule has 0 aromatic rings. The van der Waals surface area contributed by atoms with Gasteiger partial charge in [0.15, 0.2) is 5.78 Å². The van der Waals surface area contributed by atoms with E-state index in [1.807, 2.05) is 0 Å². The van der Waals surface area contributed by atoms with Crippen LogP contribution in [0.3, 0.4) is 0 Å². The van der Waals surface area contributed by atoms with Gasteiger partial charge >= 0.3 is 5.97 Å². The molecule has 0 aromatic carbocycles. The molecule has 3 N–H and O–H groups in total. The normalized spacial score (nSPS) is 11.2. The monoisotopic (exact) mass is 280 g/mol. The quantitative estimate of drug-likeness (QED) is 0.244. The number of hydrazine groups is 1. The second-order valence-corrected chi connectivity index (χ2v) is 4.04. The second kappa shape index (κ2) is 10.5. The smallest absolute Gasteiger partial charge is 0.303 e. The maximum atomic E-state index is 11.4. The van der Waals surface area contributed by atoms with Crippen LogP contribution in [0.1, 0.15) is 32.6 Å². The molecular formula is C14H20N2O4. The summed E-state index contributed by atoms with van der Waals surface area (Å²) in [5.74, 6) is -1.28. The Morgan fingerprint density at radius 1 is 1.20 bits per heavy atom. The van der Waals surface area contributed by atoms with Crippen LogP contribution in [0.25, 0.3) is 0 Å². The van der Waals surface area contributed by atoms with E-state index < -0.39 is 5.97 Å². The first-order valence-electron chi connectivity index (χ1n) is 6.23. The molecule has 110 valence electrons. The fraction of sp³-hybridized carbons (Fsp3) is 0.357. The molecule has 20 heavy (non-hydrogen) atoms. The van der Waals surface area contributed by atoms with Crippen LogP contribution in [0.4, 0.5) is 0 Å². The Bertz CT molecular complexity index is 425. The molecule has 0 aliphatic carbocycles. The summed E-state index contributed by atoms with van der Waals surface area (Å²) in [6.07, 6.45) is 7.35. The van der Waals surface area contributed by atoms with Gasteiger partial charge in [0.1, 0.15) is 0 Å². The van der Waals surface area contributed by atoms with Crippen LogP contribution >= 0.6 is 0 Å². The van der Waals surface area contributed by atoms with Crippen molar-refractivity contribution in [1.29, 1.82) is 0 Å². The molecule has 0 unspecified atom stereocenters. The van der Waals surface area contributed by atoms with Crippen molar-refractivity contribution in [2.45, 2.75) is 32.6 Å². The van der Waals surface area contributed by atoms with Gasteiger partial charge < -0.3 is 10.5 Å². The lowest BCUT2D eigenvalue weighted by molar-refractivity contribution is -0.137. The third-order valence-electron chi connectivity index (χ3n) is 2.30. The summed E-state index contributed by atoms with van der Waals surface area (Å²) in [4.78, 5) is 32.9. The van der Waals surface area contributed by atoms with E-state index in [9.17, 15) is 14.4 Å². The first-order chi connectivity index (χ1) is 9.47. The Hall–Kier alpha value is -2.37. The van der Waals surface area contributed by atoms with Gasteiger partial charge in [-0.25, -0.2) is 0 Å². The third kappa shape index (κ3) is 9.64. The van der Waals surface area contributed by atoms with Crippen molar-refractivity contribution in [3.05, 3.63) is 36.6 Å². The number of nitrogens with one attached hydrogen (secondary N) is 2. The molecule has 0 bridgehead atoms. The van der Waals surface area contributed by atoms with E-state index in [4.69, 9.17) is 5.11 Å². The van der Waals surface area contributed by atoms with E-state index in [-0.39, 0.29) is 24.5 Å². The lowest BCUT2D eigenvalue weighted by Crippen LogP contribution is -2.33. The largest absolute Gasteiger partial charge is 0.481 e. The molecule has 0 saturated heterocycles. The molecule has 0 aliphatic rings. The van der Waals surface area contributed by atoms with E-state index in [2.05, 4.69) is 17.4 Å². The Kier molecular flexibility index (Phi) is 9.29. The number of hydrogen-bond acceptors (Lipinski definition) is 4. The maximum Gasteiger partial charge on any atom is 0.303 e. The van der Waals surface area contributed by atoms with Crippen LogP contribution in [0.5, 0.6) is 0 Å². The number of unbranched alkanes of at least 4 members (excludes halogenated alkanes) is 1. The van der Waals surface area contributed by atoms with Gasteiger partial charge in [-0.3, -0.25) is 19.8 Å². The molecule has 0 atom stereocenters. The van der Waals surface area contributed by atoms with Crippen LogP contribution in [0, 0.1) is 0 Å². The zero-order valence-electron chi connectivity index (χ0n) is 11.5. The molecule has 0 aliphatic heterocycles. The average Bonchev–Trinajstić information content (AvgIpc) is 2.38. The number of rotatable bonds is 10. The summed E-state index contributed by atoms with van der Waals surface area (Å²) in [5, 5.41) is 8.44. The van der Waals surface area contributed by atoms with Crippen LogP contribution in [0.2, 0.25) is 0 Å². The van der Waals surface area contributed by atoms with Gasteiger partial charge in [0.05, 0.1) is 0 Å². The van der Waals surface area contributed by atoms with Crippen LogP contribution < -0.4 is 10.9 Å². The Balaban J connectivity index is 4.03. The number of allylic oxidation sites excluding steroid dienone is 4. The van der Waals surface area contributed by atoms with Crippen LogP contribution in [-0.2, 0) is 14.4 Å². The number of carbonyl (C=O) groups excluding carboxylic acids is 2. The highest BCUT2D eigenvalue weighted by atomic mass is 16.4. The third-order valence-corrected chi connectivity index (χ3v) is 2.30. The minimum atomic E-state index is -0.869. The fourth-order valence-electron chi connectivity index (χ4n) is 1.26. The van der Waals surface area contributed by atoms with Gasteiger partial charge in [0.2, 0.25) is 5.91 Å². The van der Waals surface area contributed by atoms with Crippen molar-refractivity contribution < 1.29 is 19.5 Å². The fourth-order valence-corrected chi connectivity index (χ4v) is 1.26. The average molecular weight is 280 g/mol. The number of aliphatic carboxylic acids is 1. The molecule has 0 spiro atoms. The molecule has 1 amide bonds.